The Morgan fingerprint density at radius 2 is 2.19 bits per heavy atom. The molecule has 3 aromatic rings. The maximum absolute atomic E-state index is 12.5. The summed E-state index contributed by atoms with van der Waals surface area (Å²) in [5.74, 6) is 1.44. The minimum atomic E-state index is 0.0784. The summed E-state index contributed by atoms with van der Waals surface area (Å²) in [4.78, 5) is 16.6. The minimum Gasteiger partial charge on any atom is -0.340 e. The zero-order valence-electron chi connectivity index (χ0n) is 14.8. The van der Waals surface area contributed by atoms with Crippen molar-refractivity contribution >= 4 is 51.9 Å². The van der Waals surface area contributed by atoms with Gasteiger partial charge in [-0.25, -0.2) is 0 Å². The third kappa shape index (κ3) is 4.74. The van der Waals surface area contributed by atoms with Gasteiger partial charge in [0.2, 0.25) is 5.91 Å². The molecule has 1 saturated carbocycles. The summed E-state index contributed by atoms with van der Waals surface area (Å²) in [6.07, 6.45) is 3.13. The Balaban J connectivity index is 1.39. The van der Waals surface area contributed by atoms with Crippen LogP contribution in [0.4, 0.5) is 0 Å². The molecular weight excluding hydrogens is 420 g/mol. The number of thioether (sulfide) groups is 1. The molecule has 142 valence electrons. The summed E-state index contributed by atoms with van der Waals surface area (Å²) in [6.45, 7) is 0.579. The summed E-state index contributed by atoms with van der Waals surface area (Å²) in [5.41, 5.74) is 0. The smallest absolute Gasteiger partial charge is 0.233 e. The summed E-state index contributed by atoms with van der Waals surface area (Å²) in [6, 6.07) is 8.49. The number of carbonyl (C=O) groups excluding carboxylic acids is 1. The van der Waals surface area contributed by atoms with Crippen molar-refractivity contribution < 1.29 is 4.79 Å². The first-order valence-electron chi connectivity index (χ1n) is 8.67. The lowest BCUT2D eigenvalue weighted by Gasteiger charge is -2.16. The van der Waals surface area contributed by atoms with Crippen molar-refractivity contribution in [1.82, 2.24) is 19.7 Å². The Bertz CT molecular complexity index is 917. The second-order valence-electron chi connectivity index (χ2n) is 6.50. The highest BCUT2D eigenvalue weighted by molar-refractivity contribution is 7.99. The molecule has 4 rings (SSSR count). The lowest BCUT2D eigenvalue weighted by molar-refractivity contribution is -0.127. The number of aromatic nitrogens is 3. The molecule has 0 N–H and O–H groups in total. The van der Waals surface area contributed by atoms with E-state index in [1.54, 1.807) is 16.2 Å². The molecule has 27 heavy (non-hydrogen) atoms. The molecule has 0 radical (unpaired) electrons. The topological polar surface area (TPSA) is 51.0 Å². The first-order valence-corrected chi connectivity index (χ1v) is 11.7. The molecule has 1 aliphatic rings. The van der Waals surface area contributed by atoms with E-state index in [0.29, 0.717) is 18.3 Å². The molecule has 1 aliphatic carbocycles. The standard InChI is InChI=1S/C18H19ClN4OS3/c1-22(10-14-6-7-15(19)27-14)17(24)11-26-18-21-20-16(23(18)12-4-5-12)9-13-3-2-8-25-13/h2-3,6-8,12H,4-5,9-11H2,1H3. The molecule has 0 aromatic carbocycles. The number of thiophene rings is 2. The molecule has 9 heteroatoms. The number of hydrogen-bond donors (Lipinski definition) is 0. The lowest BCUT2D eigenvalue weighted by atomic mass is 10.3. The predicted octanol–water partition coefficient (Wildman–Crippen LogP) is 4.73. The van der Waals surface area contributed by atoms with Crippen LogP contribution in [0.15, 0.2) is 34.8 Å². The van der Waals surface area contributed by atoms with Crippen molar-refractivity contribution in [2.75, 3.05) is 12.8 Å². The zero-order valence-corrected chi connectivity index (χ0v) is 18.0. The van der Waals surface area contributed by atoms with Crippen molar-refractivity contribution in [2.45, 2.75) is 37.0 Å². The number of nitrogens with zero attached hydrogens (tertiary/aromatic N) is 4. The van der Waals surface area contributed by atoms with Gasteiger partial charge in [-0.3, -0.25) is 4.79 Å². The minimum absolute atomic E-state index is 0.0784. The van der Waals surface area contributed by atoms with E-state index in [-0.39, 0.29) is 5.91 Å². The quantitative estimate of drug-likeness (QED) is 0.477. The van der Waals surface area contributed by atoms with Gasteiger partial charge in [0.1, 0.15) is 5.82 Å². The van der Waals surface area contributed by atoms with E-state index in [9.17, 15) is 4.79 Å². The largest absolute Gasteiger partial charge is 0.340 e. The Labute approximate surface area is 175 Å². The van der Waals surface area contributed by atoms with Crippen LogP contribution < -0.4 is 0 Å². The van der Waals surface area contributed by atoms with Gasteiger partial charge >= 0.3 is 0 Å². The van der Waals surface area contributed by atoms with E-state index < -0.39 is 0 Å². The third-order valence-corrected chi connectivity index (χ3v) is 7.35. The van der Waals surface area contributed by atoms with Crippen LogP contribution in [0.2, 0.25) is 4.34 Å². The molecule has 0 saturated heterocycles. The Hall–Kier alpha value is -1.35. The van der Waals surface area contributed by atoms with Crippen LogP contribution in [-0.2, 0) is 17.8 Å². The van der Waals surface area contributed by atoms with Crippen molar-refractivity contribution in [3.63, 3.8) is 0 Å². The van der Waals surface area contributed by atoms with Gasteiger partial charge < -0.3 is 9.47 Å². The first kappa shape index (κ1) is 19.0. The zero-order chi connectivity index (χ0) is 18.8. The van der Waals surface area contributed by atoms with Gasteiger partial charge in [-0.1, -0.05) is 29.4 Å². The van der Waals surface area contributed by atoms with Crippen molar-refractivity contribution in [1.29, 1.82) is 0 Å². The van der Waals surface area contributed by atoms with Gasteiger partial charge in [-0.2, -0.15) is 0 Å². The van der Waals surface area contributed by atoms with Crippen LogP contribution in [0.5, 0.6) is 0 Å². The SMILES string of the molecule is CN(Cc1ccc(Cl)s1)C(=O)CSc1nnc(Cc2cccs2)n1C1CC1. The average Bonchev–Trinajstić information content (AvgIpc) is 3.03. The van der Waals surface area contributed by atoms with Crippen LogP contribution in [-0.4, -0.2) is 38.4 Å². The van der Waals surface area contributed by atoms with E-state index in [1.165, 1.54) is 28.0 Å². The van der Waals surface area contributed by atoms with E-state index >= 15 is 0 Å². The van der Waals surface area contributed by atoms with E-state index in [2.05, 4.69) is 32.3 Å². The predicted molar refractivity (Wildman–Crippen MR) is 112 cm³/mol. The molecule has 3 heterocycles. The summed E-state index contributed by atoms with van der Waals surface area (Å²) in [5, 5.41) is 11.7. The van der Waals surface area contributed by atoms with Crippen LogP contribution in [0.3, 0.4) is 0 Å². The molecule has 0 aliphatic heterocycles. The third-order valence-electron chi connectivity index (χ3n) is 4.33. The monoisotopic (exact) mass is 438 g/mol. The normalized spacial score (nSPS) is 13.9. The van der Waals surface area contributed by atoms with Crippen LogP contribution in [0.25, 0.3) is 0 Å². The van der Waals surface area contributed by atoms with Gasteiger partial charge in [0.05, 0.1) is 16.6 Å². The summed E-state index contributed by atoms with van der Waals surface area (Å²) in [7, 11) is 1.82. The average molecular weight is 439 g/mol. The number of amides is 1. The Morgan fingerprint density at radius 1 is 1.33 bits per heavy atom. The van der Waals surface area contributed by atoms with Crippen LogP contribution in [0.1, 0.15) is 34.5 Å². The highest BCUT2D eigenvalue weighted by Gasteiger charge is 2.30. The lowest BCUT2D eigenvalue weighted by Crippen LogP contribution is -2.27. The maximum atomic E-state index is 12.5. The van der Waals surface area contributed by atoms with Gasteiger partial charge in [0, 0.05) is 29.3 Å². The molecule has 5 nitrogen and oxygen atoms in total. The second kappa shape index (κ2) is 8.34. The van der Waals surface area contributed by atoms with E-state index in [0.717, 1.165) is 39.5 Å². The molecular formula is C18H19ClN4OS3. The fraction of sp³-hybridized carbons (Fsp3) is 0.389. The highest BCUT2D eigenvalue weighted by atomic mass is 35.5. The molecule has 3 aromatic heterocycles. The molecule has 1 fully saturated rings. The fourth-order valence-corrected chi connectivity index (χ4v) is 5.60. The molecule has 0 atom stereocenters. The first-order chi connectivity index (χ1) is 13.1. The van der Waals surface area contributed by atoms with Crippen molar-refractivity contribution in [2.24, 2.45) is 0 Å². The second-order valence-corrected chi connectivity index (χ2v) is 10.3. The van der Waals surface area contributed by atoms with Gasteiger partial charge in [-0.15, -0.1) is 32.9 Å². The van der Waals surface area contributed by atoms with Crippen molar-refractivity contribution in [3.8, 4) is 0 Å². The summed E-state index contributed by atoms with van der Waals surface area (Å²) >= 11 is 10.7. The number of hydrogen-bond acceptors (Lipinski definition) is 6. The maximum Gasteiger partial charge on any atom is 0.233 e. The van der Waals surface area contributed by atoms with Crippen LogP contribution in [0, 0.1) is 0 Å². The van der Waals surface area contributed by atoms with Gasteiger partial charge in [-0.05, 0) is 36.4 Å². The van der Waals surface area contributed by atoms with Gasteiger partial charge in [0.15, 0.2) is 5.16 Å². The fourth-order valence-electron chi connectivity index (χ4n) is 2.79. The van der Waals surface area contributed by atoms with Gasteiger partial charge in [0.25, 0.3) is 0 Å². The highest BCUT2D eigenvalue weighted by Crippen LogP contribution is 2.39. The molecule has 0 spiro atoms. The molecule has 0 unspecified atom stereocenters. The Kier molecular flexibility index (Phi) is 5.87. The Morgan fingerprint density at radius 3 is 2.85 bits per heavy atom. The van der Waals surface area contributed by atoms with E-state index in [1.807, 2.05) is 19.2 Å². The summed E-state index contributed by atoms with van der Waals surface area (Å²) < 4.78 is 2.98. The van der Waals surface area contributed by atoms with Crippen LogP contribution >= 0.6 is 46.0 Å². The van der Waals surface area contributed by atoms with E-state index in [4.69, 9.17) is 11.6 Å². The number of halogens is 1. The molecule has 1 amide bonds. The number of carbonyl (C=O) groups is 1. The molecule has 0 bridgehead atoms. The number of rotatable bonds is 8. The van der Waals surface area contributed by atoms with Crippen molar-refractivity contribution in [3.05, 3.63) is 49.6 Å².